The first-order valence-electron chi connectivity index (χ1n) is 10.4. The average Bonchev–Trinajstić information content (AvgIpc) is 2.74. The molecule has 0 amide bonds. The van der Waals surface area contributed by atoms with Crippen LogP contribution in [-0.4, -0.2) is 28.8 Å². The number of aliphatic hydroxyl groups excluding tert-OH is 1. The summed E-state index contributed by atoms with van der Waals surface area (Å²) in [7, 11) is 0. The van der Waals surface area contributed by atoms with Gasteiger partial charge in [-0.2, -0.15) is 0 Å². The summed E-state index contributed by atoms with van der Waals surface area (Å²) in [4.78, 5) is 16.6. The van der Waals surface area contributed by atoms with Crippen molar-refractivity contribution in [1.82, 2.24) is 4.98 Å². The van der Waals surface area contributed by atoms with Gasteiger partial charge >= 0.3 is 5.97 Å². The van der Waals surface area contributed by atoms with Crippen LogP contribution in [0.5, 0.6) is 0 Å². The van der Waals surface area contributed by atoms with Crippen molar-refractivity contribution in [3.05, 3.63) is 65.7 Å². The highest BCUT2D eigenvalue weighted by Gasteiger charge is 2.13. The number of aryl methyl sites for hydroxylation is 2. The molecule has 0 aliphatic rings. The Morgan fingerprint density at radius 1 is 1.14 bits per heavy atom. The van der Waals surface area contributed by atoms with Gasteiger partial charge in [-0.3, -0.25) is 4.79 Å². The number of aromatic nitrogens is 1. The van der Waals surface area contributed by atoms with Gasteiger partial charge in [0.2, 0.25) is 0 Å². The number of hydrogen-bond acceptors (Lipinski definition) is 4. The van der Waals surface area contributed by atoms with Gasteiger partial charge in [-0.15, -0.1) is 0 Å². The first-order valence-corrected chi connectivity index (χ1v) is 10.4. The molecular weight excluding hydrogens is 362 g/mol. The molecule has 1 heterocycles. The van der Waals surface area contributed by atoms with Gasteiger partial charge < -0.3 is 9.84 Å². The zero-order valence-electron chi connectivity index (χ0n) is 17.2. The van der Waals surface area contributed by atoms with E-state index in [4.69, 9.17) is 9.72 Å². The molecule has 0 aliphatic heterocycles. The molecule has 4 nitrogen and oxygen atoms in total. The fourth-order valence-electron chi connectivity index (χ4n) is 3.36. The predicted octanol–water partition coefficient (Wildman–Crippen LogP) is 5.24. The minimum absolute atomic E-state index is 0.0450. The Morgan fingerprint density at radius 3 is 2.69 bits per heavy atom. The van der Waals surface area contributed by atoms with Crippen molar-refractivity contribution in [1.29, 1.82) is 0 Å². The Balaban J connectivity index is 1.75. The van der Waals surface area contributed by atoms with Crippen LogP contribution in [0.25, 0.3) is 22.2 Å². The molecule has 3 rings (SSSR count). The van der Waals surface area contributed by atoms with Gasteiger partial charge in [-0.05, 0) is 49.9 Å². The van der Waals surface area contributed by atoms with Crippen molar-refractivity contribution >= 4 is 16.9 Å². The summed E-state index contributed by atoms with van der Waals surface area (Å²) >= 11 is 0. The van der Waals surface area contributed by atoms with E-state index in [0.717, 1.165) is 40.6 Å². The highest BCUT2D eigenvalue weighted by molar-refractivity contribution is 5.84. The minimum atomic E-state index is -0.683. The molecule has 0 radical (unpaired) electrons. The number of carbonyl (C=O) groups excluding carboxylic acids is 1. The van der Waals surface area contributed by atoms with Gasteiger partial charge in [0.25, 0.3) is 0 Å². The van der Waals surface area contributed by atoms with E-state index >= 15 is 0 Å². The molecule has 1 unspecified atom stereocenters. The number of rotatable bonds is 9. The highest BCUT2D eigenvalue weighted by Crippen LogP contribution is 2.27. The fourth-order valence-corrected chi connectivity index (χ4v) is 3.36. The molecule has 0 aliphatic carbocycles. The zero-order valence-corrected chi connectivity index (χ0v) is 17.2. The lowest BCUT2D eigenvalue weighted by molar-refractivity contribution is -0.146. The van der Waals surface area contributed by atoms with E-state index in [2.05, 4.69) is 37.3 Å². The highest BCUT2D eigenvalue weighted by atomic mass is 16.5. The molecule has 0 saturated heterocycles. The van der Waals surface area contributed by atoms with Crippen molar-refractivity contribution in [2.75, 3.05) is 6.61 Å². The number of esters is 1. The molecule has 1 atom stereocenters. The topological polar surface area (TPSA) is 59.4 Å². The quantitative estimate of drug-likeness (QED) is 0.507. The molecule has 0 spiro atoms. The summed E-state index contributed by atoms with van der Waals surface area (Å²) in [5.41, 5.74) is 5.24. The smallest absolute Gasteiger partial charge is 0.305 e. The second-order valence-corrected chi connectivity index (χ2v) is 7.54. The van der Waals surface area contributed by atoms with Crippen molar-refractivity contribution < 1.29 is 14.6 Å². The average molecular weight is 392 g/mol. The Kier molecular flexibility index (Phi) is 7.36. The predicted molar refractivity (Wildman–Crippen MR) is 117 cm³/mol. The fraction of sp³-hybridized carbons (Fsp3) is 0.360. The number of unbranched alkanes of at least 4 members (excludes halogenated alkanes) is 1. The maximum absolute atomic E-state index is 11.7. The van der Waals surface area contributed by atoms with Crippen LogP contribution in [0.15, 0.2) is 54.6 Å². The number of aliphatic hydroxyl groups is 1. The van der Waals surface area contributed by atoms with Crippen LogP contribution in [-0.2, 0) is 16.0 Å². The number of pyridine rings is 1. The number of carbonyl (C=O) groups is 1. The first kappa shape index (κ1) is 21.0. The second kappa shape index (κ2) is 10.2. The minimum Gasteiger partial charge on any atom is -0.463 e. The molecule has 0 fully saturated rings. The zero-order chi connectivity index (χ0) is 20.6. The van der Waals surface area contributed by atoms with E-state index < -0.39 is 6.10 Å². The molecule has 2 aromatic carbocycles. The Bertz CT molecular complexity index is 953. The molecule has 1 N–H and O–H groups in total. The van der Waals surface area contributed by atoms with Crippen LogP contribution in [0.2, 0.25) is 0 Å². The van der Waals surface area contributed by atoms with Crippen LogP contribution >= 0.6 is 0 Å². The van der Waals surface area contributed by atoms with E-state index in [1.807, 2.05) is 31.2 Å². The standard InChI is InChI=1S/C25H29NO3/c1-3-4-10-24(28)29-17-22(27)13-12-20-16-21-15-18(2)11-14-23(21)26-25(20)19-8-6-5-7-9-19/h5-9,11,14-16,22,27H,3-4,10,12-13,17H2,1-2H3. The molecule has 4 heteroatoms. The van der Waals surface area contributed by atoms with E-state index in [0.29, 0.717) is 19.3 Å². The van der Waals surface area contributed by atoms with Gasteiger partial charge in [0, 0.05) is 17.4 Å². The summed E-state index contributed by atoms with van der Waals surface area (Å²) < 4.78 is 5.19. The van der Waals surface area contributed by atoms with Gasteiger partial charge in [0.1, 0.15) is 6.61 Å². The lowest BCUT2D eigenvalue weighted by atomic mass is 9.98. The van der Waals surface area contributed by atoms with Gasteiger partial charge in [0.05, 0.1) is 17.3 Å². The van der Waals surface area contributed by atoms with E-state index in [9.17, 15) is 9.90 Å². The first-order chi connectivity index (χ1) is 14.1. The summed E-state index contributed by atoms with van der Waals surface area (Å²) in [6, 6.07) is 18.5. The summed E-state index contributed by atoms with van der Waals surface area (Å²) in [6.07, 6.45) is 2.67. The number of ether oxygens (including phenoxy) is 1. The summed E-state index contributed by atoms with van der Waals surface area (Å²) in [5.74, 6) is -0.237. The normalized spacial score (nSPS) is 12.1. The molecule has 0 saturated carbocycles. The van der Waals surface area contributed by atoms with Crippen LogP contribution in [0, 0.1) is 6.92 Å². The molecule has 152 valence electrons. The molecule has 3 aromatic rings. The van der Waals surface area contributed by atoms with Crippen LogP contribution in [0.1, 0.15) is 43.7 Å². The van der Waals surface area contributed by atoms with E-state index in [1.165, 1.54) is 5.56 Å². The third-order valence-corrected chi connectivity index (χ3v) is 5.01. The van der Waals surface area contributed by atoms with Crippen LogP contribution in [0.4, 0.5) is 0 Å². The van der Waals surface area contributed by atoms with Crippen molar-refractivity contribution in [3.8, 4) is 11.3 Å². The monoisotopic (exact) mass is 391 g/mol. The Morgan fingerprint density at radius 2 is 1.93 bits per heavy atom. The van der Waals surface area contributed by atoms with E-state index in [1.54, 1.807) is 0 Å². The van der Waals surface area contributed by atoms with Crippen molar-refractivity contribution in [2.45, 2.75) is 52.1 Å². The second-order valence-electron chi connectivity index (χ2n) is 7.54. The lowest BCUT2D eigenvalue weighted by Crippen LogP contribution is -2.19. The Labute approximate surface area is 172 Å². The van der Waals surface area contributed by atoms with E-state index in [-0.39, 0.29) is 12.6 Å². The SMILES string of the molecule is CCCCC(=O)OCC(O)CCc1cc2cc(C)ccc2nc1-c1ccccc1. The number of fused-ring (bicyclic) bond motifs is 1. The van der Waals surface area contributed by atoms with Gasteiger partial charge in [-0.1, -0.05) is 55.3 Å². The lowest BCUT2D eigenvalue weighted by Gasteiger charge is -2.14. The third-order valence-electron chi connectivity index (χ3n) is 5.01. The number of hydrogen-bond donors (Lipinski definition) is 1. The largest absolute Gasteiger partial charge is 0.463 e. The van der Waals surface area contributed by atoms with Gasteiger partial charge in [0.15, 0.2) is 0 Å². The maximum Gasteiger partial charge on any atom is 0.305 e. The summed E-state index contributed by atoms with van der Waals surface area (Å²) in [5, 5.41) is 11.4. The number of nitrogens with zero attached hydrogens (tertiary/aromatic N) is 1. The van der Waals surface area contributed by atoms with Gasteiger partial charge in [-0.25, -0.2) is 4.98 Å². The number of benzene rings is 2. The van der Waals surface area contributed by atoms with Crippen molar-refractivity contribution in [3.63, 3.8) is 0 Å². The van der Waals surface area contributed by atoms with Crippen LogP contribution < -0.4 is 0 Å². The van der Waals surface area contributed by atoms with Crippen molar-refractivity contribution in [2.24, 2.45) is 0 Å². The third kappa shape index (κ3) is 5.88. The molecular formula is C25H29NO3. The Hall–Kier alpha value is -2.72. The maximum atomic E-state index is 11.7. The molecule has 0 bridgehead atoms. The summed E-state index contributed by atoms with van der Waals surface area (Å²) in [6.45, 7) is 4.15. The molecule has 1 aromatic heterocycles. The van der Waals surface area contributed by atoms with Crippen LogP contribution in [0.3, 0.4) is 0 Å². The molecule has 29 heavy (non-hydrogen) atoms.